The van der Waals surface area contributed by atoms with Gasteiger partial charge in [0, 0.05) is 0 Å². The maximum atomic E-state index is 11.0. The van der Waals surface area contributed by atoms with Crippen molar-refractivity contribution in [3.05, 3.63) is 54.1 Å². The summed E-state index contributed by atoms with van der Waals surface area (Å²) in [5.41, 5.74) is 2.37. The van der Waals surface area contributed by atoms with Crippen LogP contribution < -0.4 is 9.38 Å². The Labute approximate surface area is 121 Å². The van der Waals surface area contributed by atoms with E-state index in [1.54, 1.807) is 0 Å². The van der Waals surface area contributed by atoms with Crippen molar-refractivity contribution in [1.29, 1.82) is 0 Å². The molecule has 0 radical (unpaired) electrons. The van der Waals surface area contributed by atoms with Gasteiger partial charge in [-0.1, -0.05) is 28.9 Å². The molecule has 1 aliphatic rings. The Morgan fingerprint density at radius 3 is 2.76 bits per heavy atom. The summed E-state index contributed by atoms with van der Waals surface area (Å²) >= 11 is 0. The molecule has 1 atom stereocenters. The van der Waals surface area contributed by atoms with Gasteiger partial charge < -0.3 is 9.15 Å². The number of hydroxylamine groups is 2. The SMILES string of the molecule is O[N+]1(c2nc3ccccc3o2)CCOc2ccccc2C1. The number of quaternary nitrogens is 1. The molecule has 2 aromatic carbocycles. The monoisotopic (exact) mass is 283 g/mol. The maximum absolute atomic E-state index is 11.0. The number of hydrogen-bond acceptors (Lipinski definition) is 4. The summed E-state index contributed by atoms with van der Waals surface area (Å²) in [6.45, 7) is 1.18. The van der Waals surface area contributed by atoms with Gasteiger partial charge in [0.15, 0.2) is 12.1 Å². The number of aromatic nitrogens is 1. The van der Waals surface area contributed by atoms with Crippen LogP contribution in [0, 0.1) is 0 Å². The number of ether oxygens (including phenoxy) is 1. The number of hydrogen-bond donors (Lipinski definition) is 1. The van der Waals surface area contributed by atoms with Gasteiger partial charge in [-0.3, -0.25) is 0 Å². The van der Waals surface area contributed by atoms with Gasteiger partial charge in [0.1, 0.15) is 24.4 Å². The van der Waals surface area contributed by atoms with E-state index < -0.39 is 0 Å². The van der Waals surface area contributed by atoms with Gasteiger partial charge in [-0.15, -0.1) is 0 Å². The molecule has 1 aromatic heterocycles. The van der Waals surface area contributed by atoms with Crippen molar-refractivity contribution in [3.63, 3.8) is 0 Å². The van der Waals surface area contributed by atoms with E-state index in [1.807, 2.05) is 48.5 Å². The third-order valence-electron chi connectivity index (χ3n) is 3.76. The minimum atomic E-state index is -0.383. The molecule has 0 bridgehead atoms. The van der Waals surface area contributed by atoms with Crippen molar-refractivity contribution >= 4 is 17.1 Å². The highest BCUT2D eigenvalue weighted by Gasteiger charge is 2.38. The van der Waals surface area contributed by atoms with E-state index in [9.17, 15) is 5.21 Å². The number of oxazole rings is 1. The van der Waals surface area contributed by atoms with Crippen molar-refractivity contribution in [3.8, 4) is 5.75 Å². The van der Waals surface area contributed by atoms with Gasteiger partial charge in [0.25, 0.3) is 0 Å². The fourth-order valence-corrected chi connectivity index (χ4v) is 2.64. The second-order valence-corrected chi connectivity index (χ2v) is 5.22. The highest BCUT2D eigenvalue weighted by atomic mass is 16.6. The zero-order valence-corrected chi connectivity index (χ0v) is 11.4. The first kappa shape index (κ1) is 12.4. The first-order chi connectivity index (χ1) is 10.2. The van der Waals surface area contributed by atoms with E-state index in [-0.39, 0.29) is 4.65 Å². The van der Waals surface area contributed by atoms with Crippen LogP contribution in [0.4, 0.5) is 6.01 Å². The Balaban J connectivity index is 1.79. The first-order valence-electron chi connectivity index (χ1n) is 6.91. The molecule has 2 heterocycles. The maximum Gasteiger partial charge on any atom is 0.439 e. The summed E-state index contributed by atoms with van der Waals surface area (Å²) in [6, 6.07) is 15.5. The van der Waals surface area contributed by atoms with E-state index in [0.29, 0.717) is 31.3 Å². The second kappa shape index (κ2) is 4.58. The molecule has 0 saturated heterocycles. The quantitative estimate of drug-likeness (QED) is 0.697. The minimum Gasteiger partial charge on any atom is -0.487 e. The molecule has 0 fully saturated rings. The third kappa shape index (κ3) is 2.07. The highest BCUT2D eigenvalue weighted by Crippen LogP contribution is 2.31. The van der Waals surface area contributed by atoms with Crippen LogP contribution in [0.5, 0.6) is 5.75 Å². The van der Waals surface area contributed by atoms with Crippen molar-refractivity contribution in [1.82, 2.24) is 9.63 Å². The predicted molar refractivity (Wildman–Crippen MR) is 78.1 cm³/mol. The molecule has 5 nitrogen and oxygen atoms in total. The van der Waals surface area contributed by atoms with E-state index in [0.717, 1.165) is 16.8 Å². The van der Waals surface area contributed by atoms with Gasteiger partial charge in [-0.2, -0.15) is 4.98 Å². The predicted octanol–water partition coefficient (Wildman–Crippen LogP) is 3.12. The summed E-state index contributed by atoms with van der Waals surface area (Å²) in [5, 5.41) is 11.0. The van der Waals surface area contributed by atoms with Gasteiger partial charge in [-0.05, 0) is 24.3 Å². The van der Waals surface area contributed by atoms with Crippen LogP contribution in [-0.4, -0.2) is 23.3 Å². The lowest BCUT2D eigenvalue weighted by atomic mass is 10.2. The zero-order chi connectivity index (χ0) is 14.3. The standard InChI is InChI=1S/C16H15N2O3/c19-18(16-17-13-6-2-4-8-15(13)21-16)9-10-20-14-7-3-1-5-12(14)11-18/h1-8,19H,9-11H2/q+1. The fourth-order valence-electron chi connectivity index (χ4n) is 2.64. The zero-order valence-electron chi connectivity index (χ0n) is 11.4. The lowest BCUT2D eigenvalue weighted by Gasteiger charge is -2.22. The van der Waals surface area contributed by atoms with E-state index >= 15 is 0 Å². The number of benzene rings is 2. The Hall–Kier alpha value is -2.37. The van der Waals surface area contributed by atoms with Gasteiger partial charge in [0.05, 0.1) is 5.56 Å². The van der Waals surface area contributed by atoms with Crippen LogP contribution in [0.2, 0.25) is 0 Å². The first-order valence-corrected chi connectivity index (χ1v) is 6.91. The largest absolute Gasteiger partial charge is 0.487 e. The topological polar surface area (TPSA) is 55.5 Å². The lowest BCUT2D eigenvalue weighted by molar-refractivity contribution is -0.105. The minimum absolute atomic E-state index is 0.302. The van der Waals surface area contributed by atoms with Crippen molar-refractivity contribution in [2.45, 2.75) is 6.54 Å². The molecule has 1 N–H and O–H groups in total. The second-order valence-electron chi connectivity index (χ2n) is 5.22. The summed E-state index contributed by atoms with van der Waals surface area (Å²) in [4.78, 5) is 4.42. The van der Waals surface area contributed by atoms with Crippen LogP contribution in [0.25, 0.3) is 11.1 Å². The highest BCUT2D eigenvalue weighted by molar-refractivity contribution is 5.73. The van der Waals surface area contributed by atoms with Gasteiger partial charge in [-0.25, -0.2) is 5.21 Å². The summed E-state index contributed by atoms with van der Waals surface area (Å²) in [5.74, 6) is 0.808. The lowest BCUT2D eigenvalue weighted by Crippen LogP contribution is -2.46. The Morgan fingerprint density at radius 2 is 1.86 bits per heavy atom. The van der Waals surface area contributed by atoms with Crippen LogP contribution in [-0.2, 0) is 6.54 Å². The van der Waals surface area contributed by atoms with Crippen molar-refractivity contribution in [2.75, 3.05) is 13.2 Å². The average Bonchev–Trinajstić information content (AvgIpc) is 2.86. The van der Waals surface area contributed by atoms with E-state index in [4.69, 9.17) is 9.15 Å². The van der Waals surface area contributed by atoms with E-state index in [2.05, 4.69) is 4.98 Å². The molecule has 0 spiro atoms. The molecular weight excluding hydrogens is 268 g/mol. The molecule has 0 saturated carbocycles. The summed E-state index contributed by atoms with van der Waals surface area (Å²) in [7, 11) is 0. The summed E-state index contributed by atoms with van der Waals surface area (Å²) < 4.78 is 11.0. The molecule has 3 aromatic rings. The molecule has 5 heteroatoms. The van der Waals surface area contributed by atoms with Gasteiger partial charge in [0.2, 0.25) is 0 Å². The van der Waals surface area contributed by atoms with Gasteiger partial charge >= 0.3 is 6.01 Å². The molecule has 1 unspecified atom stereocenters. The third-order valence-corrected chi connectivity index (χ3v) is 3.76. The Kier molecular flexibility index (Phi) is 2.70. The number of para-hydroxylation sites is 3. The molecule has 0 aliphatic carbocycles. The van der Waals surface area contributed by atoms with Crippen LogP contribution in [0.1, 0.15) is 5.56 Å². The summed E-state index contributed by atoms with van der Waals surface area (Å²) in [6.07, 6.45) is 0. The number of fused-ring (bicyclic) bond motifs is 2. The molecular formula is C16H15N2O3+. The molecule has 1 aliphatic heterocycles. The molecule has 4 rings (SSSR count). The Bertz CT molecular complexity index is 766. The molecule has 0 amide bonds. The fraction of sp³-hybridized carbons (Fsp3) is 0.188. The van der Waals surface area contributed by atoms with Crippen LogP contribution in [0.15, 0.2) is 52.9 Å². The van der Waals surface area contributed by atoms with Crippen LogP contribution >= 0.6 is 0 Å². The number of nitrogens with zero attached hydrogens (tertiary/aromatic N) is 2. The van der Waals surface area contributed by atoms with Crippen molar-refractivity contribution in [2.24, 2.45) is 0 Å². The van der Waals surface area contributed by atoms with Crippen molar-refractivity contribution < 1.29 is 14.4 Å². The molecule has 106 valence electrons. The molecule has 21 heavy (non-hydrogen) atoms. The average molecular weight is 283 g/mol. The smallest absolute Gasteiger partial charge is 0.439 e. The normalized spacial score (nSPS) is 21.6. The number of rotatable bonds is 1. The van der Waals surface area contributed by atoms with E-state index in [1.165, 1.54) is 0 Å². The van der Waals surface area contributed by atoms with Crippen LogP contribution in [0.3, 0.4) is 0 Å². The Morgan fingerprint density at radius 1 is 1.05 bits per heavy atom.